The zero-order valence-electron chi connectivity index (χ0n) is 22.4. The van der Waals surface area contributed by atoms with E-state index in [0.29, 0.717) is 46.5 Å². The smallest absolute Gasteiger partial charge is 0.251 e. The van der Waals surface area contributed by atoms with E-state index in [1.807, 2.05) is 55.0 Å². The molecule has 0 bridgehead atoms. The molecule has 1 aliphatic heterocycles. The third-order valence-electron chi connectivity index (χ3n) is 7.47. The van der Waals surface area contributed by atoms with Crippen molar-refractivity contribution in [3.8, 4) is 17.2 Å². The van der Waals surface area contributed by atoms with Crippen molar-refractivity contribution in [1.29, 1.82) is 0 Å². The van der Waals surface area contributed by atoms with Crippen molar-refractivity contribution < 1.29 is 23.7 Å². The maximum atomic E-state index is 13.7. The third kappa shape index (κ3) is 5.55. The first-order chi connectivity index (χ1) is 18.9. The molecule has 2 unspecified atom stereocenters. The summed E-state index contributed by atoms with van der Waals surface area (Å²) in [6.07, 6.45) is 7.86. The zero-order chi connectivity index (χ0) is 27.5. The first kappa shape index (κ1) is 26.9. The van der Waals surface area contributed by atoms with Crippen molar-refractivity contribution >= 4 is 23.6 Å². The Morgan fingerprint density at radius 3 is 2.67 bits per heavy atom. The average molecular weight is 549 g/mol. The van der Waals surface area contributed by atoms with Gasteiger partial charge in [-0.1, -0.05) is 48.9 Å². The second kappa shape index (κ2) is 11.6. The molecule has 1 aliphatic carbocycles. The second-order valence-electron chi connectivity index (χ2n) is 10.0. The first-order valence-electron chi connectivity index (χ1n) is 13.4. The van der Waals surface area contributed by atoms with Crippen LogP contribution in [0.3, 0.4) is 0 Å². The number of allylic oxidation sites excluding steroid dienone is 2. The number of ketones is 1. The van der Waals surface area contributed by atoms with Gasteiger partial charge in [-0.2, -0.15) is 4.74 Å². The van der Waals surface area contributed by atoms with E-state index in [1.165, 1.54) is 0 Å². The van der Waals surface area contributed by atoms with Gasteiger partial charge >= 0.3 is 0 Å². The summed E-state index contributed by atoms with van der Waals surface area (Å²) in [7, 11) is 1.55. The lowest BCUT2D eigenvalue weighted by Gasteiger charge is -2.27. The molecule has 8 heteroatoms. The van der Waals surface area contributed by atoms with Crippen molar-refractivity contribution in [3.05, 3.63) is 93.6 Å². The highest BCUT2D eigenvalue weighted by atomic mass is 35.5. The molecule has 0 N–H and O–H groups in total. The van der Waals surface area contributed by atoms with Crippen LogP contribution in [0.5, 0.6) is 17.2 Å². The Morgan fingerprint density at radius 2 is 1.95 bits per heavy atom. The van der Waals surface area contributed by atoms with Crippen molar-refractivity contribution in [3.63, 3.8) is 0 Å². The Labute approximate surface area is 233 Å². The van der Waals surface area contributed by atoms with Gasteiger partial charge in [0.25, 0.3) is 6.29 Å². The minimum atomic E-state index is -0.961. The predicted molar refractivity (Wildman–Crippen MR) is 151 cm³/mol. The molecular formula is C31H33ClN2O5. The maximum absolute atomic E-state index is 13.7. The van der Waals surface area contributed by atoms with Gasteiger partial charge in [-0.05, 0) is 62.4 Å². The minimum absolute atomic E-state index is 0.0799. The van der Waals surface area contributed by atoms with E-state index in [9.17, 15) is 10.0 Å². The van der Waals surface area contributed by atoms with E-state index in [4.69, 9.17) is 25.8 Å². The summed E-state index contributed by atoms with van der Waals surface area (Å²) in [6, 6.07) is 14.5. The van der Waals surface area contributed by atoms with Crippen LogP contribution in [0.25, 0.3) is 0 Å². The number of Topliss-reactive ketones (excluding diaryl/α,β-unsaturated/α-hetero) is 1. The summed E-state index contributed by atoms with van der Waals surface area (Å²) in [4.78, 5) is 13.7. The van der Waals surface area contributed by atoms with E-state index in [2.05, 4.69) is 0 Å². The molecule has 39 heavy (non-hydrogen) atoms. The molecule has 1 aromatic heterocycles. The normalized spacial score (nSPS) is 18.0. The highest BCUT2D eigenvalue weighted by molar-refractivity contribution is 6.30. The number of aromatic nitrogens is 1. The van der Waals surface area contributed by atoms with E-state index < -0.39 is 12.2 Å². The standard InChI is InChI=1S/C31H33ClN2O5/c1-4-24(29(35)21-10-6-5-7-11-21)31(38-27-15-14-23(32)16-20(27)2)39-28-19-33-17-22-12-8-9-13-25(22)34(36)18-26(33)30(28)37-3/h5-7,10-11,13-16,18-19,22,24,31H,4,8-9,12,17H2,1-3H3/t22-,24?,31?/m0/s1. The Hall–Kier alpha value is -3.71. The summed E-state index contributed by atoms with van der Waals surface area (Å²) in [5.41, 5.74) is 2.83. The number of hydrogen-bond acceptors (Lipinski definition) is 5. The Kier molecular flexibility index (Phi) is 7.98. The largest absolute Gasteiger partial charge is 0.618 e. The van der Waals surface area contributed by atoms with Crippen LogP contribution in [0.15, 0.2) is 66.5 Å². The summed E-state index contributed by atoms with van der Waals surface area (Å²) < 4.78 is 21.6. The molecule has 0 radical (unpaired) electrons. The van der Waals surface area contributed by atoms with Gasteiger partial charge < -0.3 is 24.0 Å². The predicted octanol–water partition coefficient (Wildman–Crippen LogP) is 6.78. The first-order valence-corrected chi connectivity index (χ1v) is 13.7. The molecule has 2 heterocycles. The van der Waals surface area contributed by atoms with Crippen molar-refractivity contribution in [1.82, 2.24) is 4.57 Å². The number of benzene rings is 2. The molecule has 0 saturated heterocycles. The van der Waals surface area contributed by atoms with Crippen LogP contribution in [-0.2, 0) is 6.54 Å². The molecule has 0 amide bonds. The van der Waals surface area contributed by atoms with Gasteiger partial charge in [-0.15, -0.1) is 0 Å². The highest BCUT2D eigenvalue weighted by Gasteiger charge is 2.36. The molecule has 2 aromatic carbocycles. The monoisotopic (exact) mass is 548 g/mol. The number of hydroxylamine groups is 1. The lowest BCUT2D eigenvalue weighted by atomic mass is 9.92. The highest BCUT2D eigenvalue weighted by Crippen LogP contribution is 2.39. The van der Waals surface area contributed by atoms with E-state index >= 15 is 0 Å². The van der Waals surface area contributed by atoms with Crippen LogP contribution in [0.1, 0.15) is 54.2 Å². The third-order valence-corrected chi connectivity index (χ3v) is 7.70. The molecule has 7 nitrogen and oxygen atoms in total. The number of fused-ring (bicyclic) bond motifs is 2. The molecular weight excluding hydrogens is 516 g/mol. The topological polar surface area (TPSA) is 75.8 Å². The SMILES string of the molecule is CCC(C(=O)c1ccccc1)C(Oc1ccc(Cl)cc1C)Oc1cn2c(c1OC)C=[N+]([O-])C1=CCCC[C@H]1C2. The van der Waals surface area contributed by atoms with Crippen LogP contribution in [0.4, 0.5) is 0 Å². The van der Waals surface area contributed by atoms with Gasteiger partial charge in [0.05, 0.1) is 25.1 Å². The van der Waals surface area contributed by atoms with Gasteiger partial charge in [-0.25, -0.2) is 0 Å². The van der Waals surface area contributed by atoms with Crippen LogP contribution < -0.4 is 14.2 Å². The molecule has 5 rings (SSSR count). The molecule has 0 saturated carbocycles. The molecule has 0 fully saturated rings. The minimum Gasteiger partial charge on any atom is -0.618 e. The number of carbonyl (C=O) groups excluding carboxylic acids is 1. The quantitative estimate of drug-likeness (QED) is 0.127. The Balaban J connectivity index is 1.54. The summed E-state index contributed by atoms with van der Waals surface area (Å²) in [6.45, 7) is 4.47. The number of aryl methyl sites for hydroxylation is 1. The van der Waals surface area contributed by atoms with Crippen LogP contribution in [0.2, 0.25) is 5.02 Å². The second-order valence-corrected chi connectivity index (χ2v) is 10.5. The number of nitrogens with zero attached hydrogens (tertiary/aromatic N) is 2. The number of hydrogen-bond donors (Lipinski definition) is 0. The van der Waals surface area contributed by atoms with E-state index in [-0.39, 0.29) is 11.7 Å². The fraction of sp³-hybridized carbons (Fsp3) is 0.355. The number of methoxy groups -OCH3 is 1. The molecule has 3 aromatic rings. The van der Waals surface area contributed by atoms with Gasteiger partial charge in [-0.3, -0.25) is 4.79 Å². The van der Waals surface area contributed by atoms with Crippen molar-refractivity contribution in [2.24, 2.45) is 11.8 Å². The number of carbonyl (C=O) groups is 1. The summed E-state index contributed by atoms with van der Waals surface area (Å²) in [5, 5.41) is 13.6. The van der Waals surface area contributed by atoms with E-state index in [1.54, 1.807) is 37.6 Å². The average Bonchev–Trinajstić information content (AvgIpc) is 3.18. The lowest BCUT2D eigenvalue weighted by Crippen LogP contribution is -2.37. The summed E-state index contributed by atoms with van der Waals surface area (Å²) >= 11 is 6.18. The number of halogens is 1. The van der Waals surface area contributed by atoms with Crippen LogP contribution in [0, 0.1) is 24.0 Å². The fourth-order valence-electron chi connectivity index (χ4n) is 5.41. The van der Waals surface area contributed by atoms with Gasteiger partial charge in [0.15, 0.2) is 28.7 Å². The summed E-state index contributed by atoms with van der Waals surface area (Å²) in [5.74, 6) is 0.835. The van der Waals surface area contributed by atoms with Crippen molar-refractivity contribution in [2.45, 2.75) is 52.4 Å². The Morgan fingerprint density at radius 1 is 1.18 bits per heavy atom. The van der Waals surface area contributed by atoms with Crippen LogP contribution >= 0.6 is 11.6 Å². The Bertz CT molecular complexity index is 1410. The van der Waals surface area contributed by atoms with Gasteiger partial charge in [0, 0.05) is 17.1 Å². The van der Waals surface area contributed by atoms with Crippen LogP contribution in [-0.4, -0.2) is 34.7 Å². The fourth-order valence-corrected chi connectivity index (χ4v) is 5.63. The molecule has 2 aliphatic rings. The molecule has 3 atom stereocenters. The zero-order valence-corrected chi connectivity index (χ0v) is 23.2. The number of rotatable bonds is 9. The van der Waals surface area contributed by atoms with Gasteiger partial charge in [0.2, 0.25) is 6.21 Å². The number of ether oxygens (including phenoxy) is 3. The van der Waals surface area contributed by atoms with Crippen molar-refractivity contribution in [2.75, 3.05) is 7.11 Å². The lowest BCUT2D eigenvalue weighted by molar-refractivity contribution is -0.406. The van der Waals surface area contributed by atoms with E-state index in [0.717, 1.165) is 35.3 Å². The van der Waals surface area contributed by atoms with Gasteiger partial charge in [0.1, 0.15) is 5.75 Å². The molecule has 0 spiro atoms. The maximum Gasteiger partial charge on any atom is 0.251 e. The molecule has 204 valence electrons.